The Labute approximate surface area is 139 Å². The quantitative estimate of drug-likeness (QED) is 0.731. The summed E-state index contributed by atoms with van der Waals surface area (Å²) in [5.41, 5.74) is 3.04. The fourth-order valence-corrected chi connectivity index (χ4v) is 2.69. The predicted octanol–water partition coefficient (Wildman–Crippen LogP) is 4.73. The van der Waals surface area contributed by atoms with E-state index < -0.39 is 0 Å². The number of aromatic nitrogens is 2. The lowest BCUT2D eigenvalue weighted by Crippen LogP contribution is -1.97. The van der Waals surface area contributed by atoms with E-state index in [0.717, 1.165) is 16.9 Å². The summed E-state index contributed by atoms with van der Waals surface area (Å²) in [6, 6.07) is 10.6. The molecule has 1 aromatic heterocycles. The van der Waals surface area contributed by atoms with E-state index in [2.05, 4.69) is 4.98 Å². The van der Waals surface area contributed by atoms with Gasteiger partial charge >= 0.3 is 0 Å². The van der Waals surface area contributed by atoms with Crippen LogP contribution in [0.3, 0.4) is 0 Å². The van der Waals surface area contributed by atoms with Crippen molar-refractivity contribution in [3.63, 3.8) is 0 Å². The van der Waals surface area contributed by atoms with Crippen LogP contribution in [0.5, 0.6) is 11.5 Å². The average Bonchev–Trinajstić information content (AvgIpc) is 2.97. The van der Waals surface area contributed by atoms with Crippen LogP contribution in [0.15, 0.2) is 48.9 Å². The lowest BCUT2D eigenvalue weighted by atomic mass is 9.97. The average molecular weight is 329 g/mol. The molecular formula is C18H17ClN2O2. The van der Waals surface area contributed by atoms with E-state index in [1.165, 1.54) is 6.07 Å². The molecule has 0 spiro atoms. The first kappa shape index (κ1) is 15.4. The number of aromatic hydroxyl groups is 2. The molecule has 0 aliphatic carbocycles. The largest absolute Gasteiger partial charge is 0.508 e. The second kappa shape index (κ2) is 5.97. The summed E-state index contributed by atoms with van der Waals surface area (Å²) in [5, 5.41) is 20.9. The number of hydrogen-bond acceptors (Lipinski definition) is 3. The Morgan fingerprint density at radius 3 is 2.39 bits per heavy atom. The summed E-state index contributed by atoms with van der Waals surface area (Å²) in [5.74, 6) is 0.252. The number of phenols is 2. The minimum absolute atomic E-state index is 0.0163. The fraction of sp³-hybridized carbons (Fsp3) is 0.167. The number of benzene rings is 2. The van der Waals surface area contributed by atoms with Crippen molar-refractivity contribution >= 4 is 11.6 Å². The van der Waals surface area contributed by atoms with Crippen LogP contribution in [-0.2, 0) is 0 Å². The summed E-state index contributed by atoms with van der Waals surface area (Å²) in [6.07, 6.45) is 3.37. The Balaban J connectivity index is 2.15. The van der Waals surface area contributed by atoms with Gasteiger partial charge in [-0.15, -0.1) is 0 Å². The van der Waals surface area contributed by atoms with Gasteiger partial charge in [0.15, 0.2) is 0 Å². The summed E-state index contributed by atoms with van der Waals surface area (Å²) < 4.78 is 1.87. The molecular weight excluding hydrogens is 312 g/mol. The maximum absolute atomic E-state index is 10.3. The standard InChI is InChI=1S/C18H17ClN2O2/c1-11(2)14-7-15(18(23)8-17(14)22)16-9-20-10-21(16)13-5-3-12(19)4-6-13/h3-11,22-23H,1-2H3. The molecule has 3 aromatic rings. The van der Waals surface area contributed by atoms with Crippen LogP contribution in [0.25, 0.3) is 16.9 Å². The molecule has 3 rings (SSSR count). The van der Waals surface area contributed by atoms with Crippen LogP contribution in [0.1, 0.15) is 25.3 Å². The normalized spacial score (nSPS) is 11.1. The molecule has 0 unspecified atom stereocenters. The van der Waals surface area contributed by atoms with Crippen LogP contribution in [0.2, 0.25) is 5.02 Å². The van der Waals surface area contributed by atoms with Crippen molar-refractivity contribution in [1.82, 2.24) is 9.55 Å². The monoisotopic (exact) mass is 328 g/mol. The third-order valence-electron chi connectivity index (χ3n) is 3.79. The van der Waals surface area contributed by atoms with Crippen molar-refractivity contribution in [3.05, 3.63) is 59.5 Å². The van der Waals surface area contributed by atoms with Gasteiger partial charge in [0.05, 0.1) is 18.2 Å². The third-order valence-corrected chi connectivity index (χ3v) is 4.04. The number of nitrogens with zero attached hydrogens (tertiary/aromatic N) is 2. The Bertz CT molecular complexity index is 839. The molecule has 1 heterocycles. The zero-order chi connectivity index (χ0) is 16.6. The van der Waals surface area contributed by atoms with Crippen molar-refractivity contribution in [2.75, 3.05) is 0 Å². The molecule has 0 aliphatic heterocycles. The molecule has 2 N–H and O–H groups in total. The smallest absolute Gasteiger partial charge is 0.128 e. The molecule has 4 nitrogen and oxygen atoms in total. The van der Waals surface area contributed by atoms with Crippen molar-refractivity contribution in [3.8, 4) is 28.4 Å². The van der Waals surface area contributed by atoms with Gasteiger partial charge in [0, 0.05) is 22.3 Å². The number of rotatable bonds is 3. The van der Waals surface area contributed by atoms with E-state index in [4.69, 9.17) is 11.6 Å². The summed E-state index contributed by atoms with van der Waals surface area (Å²) in [6.45, 7) is 3.98. The van der Waals surface area contributed by atoms with E-state index in [0.29, 0.717) is 10.6 Å². The van der Waals surface area contributed by atoms with Gasteiger partial charge in [-0.3, -0.25) is 4.57 Å². The summed E-state index contributed by atoms with van der Waals surface area (Å²) in [4.78, 5) is 4.19. The van der Waals surface area contributed by atoms with Gasteiger partial charge in [0.1, 0.15) is 11.5 Å². The first-order valence-corrected chi connectivity index (χ1v) is 7.69. The lowest BCUT2D eigenvalue weighted by Gasteiger charge is -2.14. The van der Waals surface area contributed by atoms with Crippen molar-refractivity contribution in [2.45, 2.75) is 19.8 Å². The fourth-order valence-electron chi connectivity index (χ4n) is 2.56. The Morgan fingerprint density at radius 1 is 1.04 bits per heavy atom. The van der Waals surface area contributed by atoms with Crippen molar-refractivity contribution in [1.29, 1.82) is 0 Å². The SMILES string of the molecule is CC(C)c1cc(-c2cncn2-c2ccc(Cl)cc2)c(O)cc1O. The van der Waals surface area contributed by atoms with Crippen molar-refractivity contribution in [2.24, 2.45) is 0 Å². The Kier molecular flexibility index (Phi) is 4.01. The molecule has 0 bridgehead atoms. The summed E-state index contributed by atoms with van der Waals surface area (Å²) in [7, 11) is 0. The second-order valence-electron chi connectivity index (χ2n) is 5.71. The molecule has 0 amide bonds. The molecule has 0 fully saturated rings. The number of halogens is 1. The van der Waals surface area contributed by atoms with E-state index in [1.807, 2.05) is 30.5 Å². The topological polar surface area (TPSA) is 58.3 Å². The Hall–Kier alpha value is -2.46. The second-order valence-corrected chi connectivity index (χ2v) is 6.14. The van der Waals surface area contributed by atoms with Gasteiger partial charge in [-0.2, -0.15) is 0 Å². The molecule has 23 heavy (non-hydrogen) atoms. The van der Waals surface area contributed by atoms with Crippen LogP contribution in [0.4, 0.5) is 0 Å². The molecule has 0 radical (unpaired) electrons. The van der Waals surface area contributed by atoms with Gasteiger partial charge in [0.2, 0.25) is 0 Å². The van der Waals surface area contributed by atoms with Crippen LogP contribution < -0.4 is 0 Å². The Morgan fingerprint density at radius 2 is 1.74 bits per heavy atom. The third kappa shape index (κ3) is 2.90. The highest BCUT2D eigenvalue weighted by Gasteiger charge is 2.16. The van der Waals surface area contributed by atoms with Crippen LogP contribution in [0, 0.1) is 0 Å². The highest BCUT2D eigenvalue weighted by atomic mass is 35.5. The molecule has 0 saturated heterocycles. The van der Waals surface area contributed by atoms with Gasteiger partial charge in [-0.1, -0.05) is 25.4 Å². The zero-order valence-corrected chi connectivity index (χ0v) is 13.6. The number of imidazole rings is 1. The van der Waals surface area contributed by atoms with Crippen LogP contribution >= 0.6 is 11.6 Å². The molecule has 5 heteroatoms. The van der Waals surface area contributed by atoms with E-state index in [-0.39, 0.29) is 17.4 Å². The minimum Gasteiger partial charge on any atom is -0.508 e. The molecule has 0 atom stereocenters. The van der Waals surface area contributed by atoms with Crippen molar-refractivity contribution < 1.29 is 10.2 Å². The summed E-state index contributed by atoms with van der Waals surface area (Å²) >= 11 is 5.94. The minimum atomic E-state index is 0.0163. The lowest BCUT2D eigenvalue weighted by molar-refractivity contribution is 0.445. The molecule has 0 saturated carbocycles. The van der Waals surface area contributed by atoms with Gasteiger partial charge in [-0.05, 0) is 41.8 Å². The zero-order valence-electron chi connectivity index (χ0n) is 12.9. The van der Waals surface area contributed by atoms with E-state index in [1.54, 1.807) is 30.7 Å². The number of phenolic OH excluding ortho intramolecular Hbond substituents is 2. The highest BCUT2D eigenvalue weighted by Crippen LogP contribution is 2.38. The maximum atomic E-state index is 10.3. The number of hydrogen-bond donors (Lipinski definition) is 2. The van der Waals surface area contributed by atoms with Gasteiger partial charge in [0.25, 0.3) is 0 Å². The van der Waals surface area contributed by atoms with Gasteiger partial charge < -0.3 is 10.2 Å². The van der Waals surface area contributed by atoms with E-state index >= 15 is 0 Å². The molecule has 2 aromatic carbocycles. The molecule has 0 aliphatic rings. The highest BCUT2D eigenvalue weighted by molar-refractivity contribution is 6.30. The van der Waals surface area contributed by atoms with Gasteiger partial charge in [-0.25, -0.2) is 4.98 Å². The van der Waals surface area contributed by atoms with Crippen LogP contribution in [-0.4, -0.2) is 19.8 Å². The first-order chi connectivity index (χ1) is 11.0. The first-order valence-electron chi connectivity index (χ1n) is 7.32. The van der Waals surface area contributed by atoms with E-state index in [9.17, 15) is 10.2 Å². The maximum Gasteiger partial charge on any atom is 0.128 e. The predicted molar refractivity (Wildman–Crippen MR) is 91.4 cm³/mol. The molecule has 118 valence electrons.